The Morgan fingerprint density at radius 3 is 2.42 bits per heavy atom. The van der Waals surface area contributed by atoms with Gasteiger partial charge in [0.15, 0.2) is 0 Å². The molecular weight excluding hydrogens is 308 g/mol. The average molecular weight is 324 g/mol. The number of carbonyl (C=O) groups excluding carboxylic acids is 2. The van der Waals surface area contributed by atoms with E-state index in [0.29, 0.717) is 22.8 Å². The number of nitrogens with zero attached hydrogens (tertiary/aromatic N) is 1. The van der Waals surface area contributed by atoms with Crippen LogP contribution in [0.4, 0.5) is 0 Å². The number of aromatic amines is 1. The molecule has 0 aliphatic carbocycles. The molecule has 2 heterocycles. The van der Waals surface area contributed by atoms with E-state index in [9.17, 15) is 9.59 Å². The van der Waals surface area contributed by atoms with E-state index in [2.05, 4.69) is 21.0 Å². The second kappa shape index (κ2) is 6.41. The summed E-state index contributed by atoms with van der Waals surface area (Å²) < 4.78 is 5.29. The van der Waals surface area contributed by atoms with Crippen molar-refractivity contribution in [1.82, 2.24) is 21.0 Å². The lowest BCUT2D eigenvalue weighted by Crippen LogP contribution is -2.41. The molecule has 24 heavy (non-hydrogen) atoms. The van der Waals surface area contributed by atoms with Crippen LogP contribution in [0.1, 0.15) is 32.4 Å². The lowest BCUT2D eigenvalue weighted by atomic mass is 10.1. The van der Waals surface area contributed by atoms with Crippen LogP contribution in [0.25, 0.3) is 11.3 Å². The molecule has 0 radical (unpaired) electrons. The van der Waals surface area contributed by atoms with Gasteiger partial charge in [-0.2, -0.15) is 5.10 Å². The molecule has 0 aliphatic heterocycles. The van der Waals surface area contributed by atoms with Gasteiger partial charge in [-0.1, -0.05) is 30.3 Å². The second-order valence-corrected chi connectivity index (χ2v) is 5.27. The van der Waals surface area contributed by atoms with E-state index in [1.165, 1.54) is 0 Å². The monoisotopic (exact) mass is 324 g/mol. The summed E-state index contributed by atoms with van der Waals surface area (Å²) in [7, 11) is 0. The van der Waals surface area contributed by atoms with Gasteiger partial charge in [-0.25, -0.2) is 0 Å². The number of hydrazine groups is 1. The van der Waals surface area contributed by atoms with Crippen LogP contribution in [0.2, 0.25) is 0 Å². The first kappa shape index (κ1) is 15.5. The lowest BCUT2D eigenvalue weighted by Gasteiger charge is -2.04. The summed E-state index contributed by atoms with van der Waals surface area (Å²) in [4.78, 5) is 24.1. The van der Waals surface area contributed by atoms with E-state index in [1.807, 2.05) is 30.3 Å². The van der Waals surface area contributed by atoms with Crippen molar-refractivity contribution < 1.29 is 14.0 Å². The summed E-state index contributed by atoms with van der Waals surface area (Å²) in [5, 5.41) is 6.75. The van der Waals surface area contributed by atoms with E-state index in [4.69, 9.17) is 4.42 Å². The molecule has 2 amide bonds. The lowest BCUT2D eigenvalue weighted by molar-refractivity contribution is 0.0843. The molecule has 0 saturated carbocycles. The number of aromatic nitrogens is 2. The van der Waals surface area contributed by atoms with Gasteiger partial charge in [0.05, 0.1) is 11.3 Å². The highest BCUT2D eigenvalue weighted by atomic mass is 16.3. The summed E-state index contributed by atoms with van der Waals surface area (Å²) in [5.74, 6) is 0.189. The van der Waals surface area contributed by atoms with Crippen LogP contribution in [0.3, 0.4) is 0 Å². The fourth-order valence-electron chi connectivity index (χ4n) is 2.30. The zero-order valence-electron chi connectivity index (χ0n) is 13.2. The molecular formula is C17H16N4O3. The Morgan fingerprint density at radius 2 is 1.75 bits per heavy atom. The number of H-pyrrole nitrogens is 1. The summed E-state index contributed by atoms with van der Waals surface area (Å²) >= 11 is 0. The highest BCUT2D eigenvalue weighted by Gasteiger charge is 2.16. The second-order valence-electron chi connectivity index (χ2n) is 5.27. The molecule has 0 saturated heterocycles. The predicted molar refractivity (Wildman–Crippen MR) is 87.1 cm³/mol. The molecule has 3 rings (SSSR count). The van der Waals surface area contributed by atoms with E-state index in [0.717, 1.165) is 5.56 Å². The number of aryl methyl sites for hydroxylation is 2. The van der Waals surface area contributed by atoms with Gasteiger partial charge in [-0.15, -0.1) is 0 Å². The first-order valence-corrected chi connectivity index (χ1v) is 7.33. The van der Waals surface area contributed by atoms with Crippen LogP contribution >= 0.6 is 0 Å². The largest absolute Gasteiger partial charge is 0.466 e. The van der Waals surface area contributed by atoms with Crippen molar-refractivity contribution in [2.75, 3.05) is 0 Å². The number of rotatable bonds is 3. The topological polar surface area (TPSA) is 100 Å². The highest BCUT2D eigenvalue weighted by molar-refractivity contribution is 5.99. The third-order valence-electron chi connectivity index (χ3n) is 3.47. The Morgan fingerprint density at radius 1 is 1.04 bits per heavy atom. The van der Waals surface area contributed by atoms with Crippen molar-refractivity contribution in [1.29, 1.82) is 0 Å². The third-order valence-corrected chi connectivity index (χ3v) is 3.47. The molecule has 0 atom stereocenters. The molecule has 2 aromatic heterocycles. The number of carbonyl (C=O) groups is 2. The molecule has 7 nitrogen and oxygen atoms in total. The van der Waals surface area contributed by atoms with Gasteiger partial charge in [0.1, 0.15) is 17.2 Å². The Bertz CT molecular complexity index is 880. The van der Waals surface area contributed by atoms with Crippen LogP contribution in [0.5, 0.6) is 0 Å². The first-order chi connectivity index (χ1) is 11.5. The number of amides is 2. The maximum absolute atomic E-state index is 12.1. The van der Waals surface area contributed by atoms with Crippen LogP contribution in [0, 0.1) is 13.8 Å². The minimum Gasteiger partial charge on any atom is -0.466 e. The van der Waals surface area contributed by atoms with Gasteiger partial charge in [-0.05, 0) is 26.0 Å². The average Bonchev–Trinajstić information content (AvgIpc) is 3.20. The summed E-state index contributed by atoms with van der Waals surface area (Å²) in [6.45, 7) is 3.43. The van der Waals surface area contributed by atoms with Crippen LogP contribution in [-0.4, -0.2) is 22.0 Å². The molecule has 0 aliphatic rings. The number of benzene rings is 1. The Labute approximate surface area is 138 Å². The van der Waals surface area contributed by atoms with E-state index < -0.39 is 11.8 Å². The predicted octanol–water partition coefficient (Wildman–Crippen LogP) is 2.36. The fraction of sp³-hybridized carbons (Fsp3) is 0.118. The zero-order valence-corrected chi connectivity index (χ0v) is 13.2. The van der Waals surface area contributed by atoms with Crippen molar-refractivity contribution in [2.45, 2.75) is 13.8 Å². The smallest absolute Gasteiger partial charge is 0.287 e. The van der Waals surface area contributed by atoms with E-state index in [1.54, 1.807) is 26.0 Å². The number of hydrogen-bond acceptors (Lipinski definition) is 4. The minimum atomic E-state index is -0.490. The number of nitrogens with one attached hydrogen (secondary N) is 3. The van der Waals surface area contributed by atoms with Crippen molar-refractivity contribution in [2.24, 2.45) is 0 Å². The minimum absolute atomic E-state index is 0.245. The van der Waals surface area contributed by atoms with Gasteiger partial charge < -0.3 is 4.42 Å². The Hall–Kier alpha value is -3.35. The summed E-state index contributed by atoms with van der Waals surface area (Å²) in [5.41, 5.74) is 6.86. The van der Waals surface area contributed by atoms with E-state index >= 15 is 0 Å². The standard InChI is InChI=1S/C17H16N4O3/c1-10-8-13(11(2)24-10)16(22)20-21-17(23)15-9-14(18-19-15)12-6-4-3-5-7-12/h3-9H,1-2H3,(H,18,19)(H,20,22)(H,21,23). The zero-order chi connectivity index (χ0) is 17.1. The first-order valence-electron chi connectivity index (χ1n) is 7.33. The molecule has 1 aromatic carbocycles. The van der Waals surface area contributed by atoms with Crippen molar-refractivity contribution >= 4 is 11.8 Å². The van der Waals surface area contributed by atoms with E-state index in [-0.39, 0.29) is 5.69 Å². The van der Waals surface area contributed by atoms with Gasteiger partial charge in [0.25, 0.3) is 11.8 Å². The SMILES string of the molecule is Cc1cc(C(=O)NNC(=O)c2cc(-c3ccccc3)n[nH]2)c(C)o1. The van der Waals surface area contributed by atoms with Gasteiger partial charge in [-0.3, -0.25) is 25.5 Å². The molecule has 0 fully saturated rings. The highest BCUT2D eigenvalue weighted by Crippen LogP contribution is 2.16. The molecule has 3 aromatic rings. The molecule has 0 spiro atoms. The quantitative estimate of drug-likeness (QED) is 0.644. The van der Waals surface area contributed by atoms with Gasteiger partial charge >= 0.3 is 0 Å². The van der Waals surface area contributed by atoms with Crippen LogP contribution in [0.15, 0.2) is 46.9 Å². The normalized spacial score (nSPS) is 10.4. The fourth-order valence-corrected chi connectivity index (χ4v) is 2.30. The third kappa shape index (κ3) is 3.19. The van der Waals surface area contributed by atoms with Crippen molar-refractivity contribution in [3.8, 4) is 11.3 Å². The molecule has 0 bridgehead atoms. The Kier molecular flexibility index (Phi) is 4.15. The molecule has 0 unspecified atom stereocenters. The maximum Gasteiger partial charge on any atom is 0.287 e. The van der Waals surface area contributed by atoms with Crippen molar-refractivity contribution in [3.63, 3.8) is 0 Å². The van der Waals surface area contributed by atoms with Crippen LogP contribution in [-0.2, 0) is 0 Å². The Balaban J connectivity index is 1.64. The number of furan rings is 1. The van der Waals surface area contributed by atoms with Crippen molar-refractivity contribution in [3.05, 3.63) is 65.2 Å². The summed E-state index contributed by atoms with van der Waals surface area (Å²) in [6, 6.07) is 12.7. The van der Waals surface area contributed by atoms with Crippen LogP contribution < -0.4 is 10.9 Å². The van der Waals surface area contributed by atoms with Gasteiger partial charge in [0, 0.05) is 5.56 Å². The summed E-state index contributed by atoms with van der Waals surface area (Å²) in [6.07, 6.45) is 0. The molecule has 7 heteroatoms. The molecule has 122 valence electrons. The van der Waals surface area contributed by atoms with Gasteiger partial charge in [0.2, 0.25) is 0 Å². The molecule has 3 N–H and O–H groups in total. The maximum atomic E-state index is 12.1. The number of hydrogen-bond donors (Lipinski definition) is 3.